The summed E-state index contributed by atoms with van der Waals surface area (Å²) in [6.07, 6.45) is 1.28. The minimum Gasteiger partial charge on any atom is -0.508 e. The lowest BCUT2D eigenvalue weighted by Crippen LogP contribution is -2.24. The van der Waals surface area contributed by atoms with Crippen LogP contribution in [0.4, 0.5) is 0 Å². The van der Waals surface area contributed by atoms with Crippen LogP contribution in [-0.2, 0) is 4.79 Å². The van der Waals surface area contributed by atoms with E-state index in [9.17, 15) is 15.0 Å². The molecule has 3 aromatic rings. The third kappa shape index (κ3) is 4.85. The van der Waals surface area contributed by atoms with Crippen molar-refractivity contribution in [2.24, 2.45) is 5.10 Å². The van der Waals surface area contributed by atoms with Gasteiger partial charge in [0, 0.05) is 17.2 Å². The fourth-order valence-corrected chi connectivity index (χ4v) is 2.44. The molecule has 0 aromatic heterocycles. The number of hydrogen-bond donors (Lipinski definition) is 3. The summed E-state index contributed by atoms with van der Waals surface area (Å²) in [5, 5.41) is 22.7. The van der Waals surface area contributed by atoms with Crippen LogP contribution in [-0.4, -0.2) is 28.9 Å². The molecule has 6 nitrogen and oxygen atoms in total. The number of nitrogens with zero attached hydrogens (tertiary/aromatic N) is 1. The van der Waals surface area contributed by atoms with Gasteiger partial charge < -0.3 is 14.9 Å². The maximum absolute atomic E-state index is 11.9. The van der Waals surface area contributed by atoms with Crippen molar-refractivity contribution >= 4 is 12.1 Å². The molecule has 3 N–H and O–H groups in total. The molecule has 0 aliphatic carbocycles. The maximum Gasteiger partial charge on any atom is 0.277 e. The van der Waals surface area contributed by atoms with Gasteiger partial charge in [-0.25, -0.2) is 5.43 Å². The summed E-state index contributed by atoms with van der Waals surface area (Å²) in [6.45, 7) is -0.206. The van der Waals surface area contributed by atoms with E-state index in [2.05, 4.69) is 10.5 Å². The molecule has 0 radical (unpaired) electrons. The fraction of sp³-hybridized carbons (Fsp3) is 0.0476. The molecule has 0 atom stereocenters. The Labute approximate surface area is 156 Å². The summed E-state index contributed by atoms with van der Waals surface area (Å²) < 4.78 is 5.63. The number of carbonyl (C=O) groups is 1. The molecular weight excluding hydrogens is 344 g/mol. The van der Waals surface area contributed by atoms with Crippen LogP contribution in [0.1, 0.15) is 5.56 Å². The zero-order chi connectivity index (χ0) is 19.1. The number of carbonyl (C=O) groups excluding carboxylic acids is 1. The van der Waals surface area contributed by atoms with Gasteiger partial charge in [0.25, 0.3) is 5.91 Å². The molecule has 3 rings (SSSR count). The second kappa shape index (κ2) is 8.53. The second-order valence-corrected chi connectivity index (χ2v) is 5.69. The zero-order valence-electron chi connectivity index (χ0n) is 14.4. The number of ether oxygens (including phenoxy) is 1. The molecule has 0 saturated carbocycles. The number of para-hydroxylation sites is 1. The van der Waals surface area contributed by atoms with Crippen molar-refractivity contribution in [3.63, 3.8) is 0 Å². The van der Waals surface area contributed by atoms with Crippen LogP contribution in [0, 0.1) is 0 Å². The van der Waals surface area contributed by atoms with Crippen molar-refractivity contribution < 1.29 is 19.7 Å². The highest BCUT2D eigenvalue weighted by atomic mass is 16.5. The molecule has 0 saturated heterocycles. The van der Waals surface area contributed by atoms with Crippen molar-refractivity contribution in [2.45, 2.75) is 0 Å². The van der Waals surface area contributed by atoms with Crippen molar-refractivity contribution in [3.8, 4) is 28.4 Å². The van der Waals surface area contributed by atoms with E-state index in [-0.39, 0.29) is 18.1 Å². The average molecular weight is 362 g/mol. The largest absolute Gasteiger partial charge is 0.508 e. The van der Waals surface area contributed by atoms with E-state index >= 15 is 0 Å². The van der Waals surface area contributed by atoms with Crippen LogP contribution in [0.3, 0.4) is 0 Å². The van der Waals surface area contributed by atoms with Gasteiger partial charge in [-0.05, 0) is 23.8 Å². The third-order valence-electron chi connectivity index (χ3n) is 3.74. The maximum atomic E-state index is 11.9. The summed E-state index contributed by atoms with van der Waals surface area (Å²) in [6, 6.07) is 21.3. The molecule has 0 aliphatic heterocycles. The van der Waals surface area contributed by atoms with Gasteiger partial charge in [0.15, 0.2) is 6.61 Å². The number of amides is 1. The molecule has 0 spiro atoms. The van der Waals surface area contributed by atoms with Gasteiger partial charge in [-0.15, -0.1) is 0 Å². The lowest BCUT2D eigenvalue weighted by atomic mass is 10.1. The summed E-state index contributed by atoms with van der Waals surface area (Å²) in [4.78, 5) is 11.9. The summed E-state index contributed by atoms with van der Waals surface area (Å²) >= 11 is 0. The first-order valence-corrected chi connectivity index (χ1v) is 8.24. The standard InChI is InChI=1S/C21H18N2O4/c24-17-11-10-16(19(25)12-17)13-22-23-21(26)14-27-20-9-5-4-8-18(20)15-6-2-1-3-7-15/h1-13,24-25H,14H2,(H,23,26). The Morgan fingerprint density at radius 2 is 1.74 bits per heavy atom. The van der Waals surface area contributed by atoms with E-state index in [1.807, 2.05) is 48.5 Å². The van der Waals surface area contributed by atoms with Crippen LogP contribution < -0.4 is 10.2 Å². The number of phenols is 2. The van der Waals surface area contributed by atoms with Gasteiger partial charge in [-0.3, -0.25) is 4.79 Å². The van der Waals surface area contributed by atoms with Crippen LogP contribution >= 0.6 is 0 Å². The predicted octanol–water partition coefficient (Wildman–Crippen LogP) is 3.29. The Morgan fingerprint density at radius 3 is 2.52 bits per heavy atom. The molecule has 0 heterocycles. The van der Waals surface area contributed by atoms with Crippen LogP contribution in [0.25, 0.3) is 11.1 Å². The number of benzene rings is 3. The lowest BCUT2D eigenvalue weighted by Gasteiger charge is -2.10. The molecule has 1 amide bonds. The Balaban J connectivity index is 1.59. The van der Waals surface area contributed by atoms with Crippen LogP contribution in [0.15, 0.2) is 77.9 Å². The first-order valence-electron chi connectivity index (χ1n) is 8.24. The van der Waals surface area contributed by atoms with E-state index in [1.165, 1.54) is 24.4 Å². The van der Waals surface area contributed by atoms with Crippen molar-refractivity contribution in [1.82, 2.24) is 5.43 Å². The Bertz CT molecular complexity index is 955. The summed E-state index contributed by atoms with van der Waals surface area (Å²) in [7, 11) is 0. The molecular formula is C21H18N2O4. The van der Waals surface area contributed by atoms with E-state index < -0.39 is 5.91 Å². The molecule has 0 fully saturated rings. The first-order chi connectivity index (χ1) is 13.1. The third-order valence-corrected chi connectivity index (χ3v) is 3.74. The number of nitrogens with one attached hydrogen (secondary N) is 1. The monoisotopic (exact) mass is 362 g/mol. The predicted molar refractivity (Wildman–Crippen MR) is 103 cm³/mol. The van der Waals surface area contributed by atoms with E-state index in [0.717, 1.165) is 11.1 Å². The molecule has 0 unspecified atom stereocenters. The number of hydrogen-bond acceptors (Lipinski definition) is 5. The van der Waals surface area contributed by atoms with Crippen molar-refractivity contribution in [1.29, 1.82) is 0 Å². The van der Waals surface area contributed by atoms with Crippen LogP contribution in [0.5, 0.6) is 17.2 Å². The van der Waals surface area contributed by atoms with Crippen molar-refractivity contribution in [2.75, 3.05) is 6.61 Å². The molecule has 136 valence electrons. The second-order valence-electron chi connectivity index (χ2n) is 5.69. The van der Waals surface area contributed by atoms with Gasteiger partial charge in [-0.2, -0.15) is 5.10 Å². The number of aromatic hydroxyl groups is 2. The minimum atomic E-state index is -0.438. The SMILES string of the molecule is O=C(COc1ccccc1-c1ccccc1)NN=Cc1ccc(O)cc1O. The first kappa shape index (κ1) is 18.0. The highest BCUT2D eigenvalue weighted by Gasteiger charge is 2.08. The Morgan fingerprint density at radius 1 is 1.00 bits per heavy atom. The fourth-order valence-electron chi connectivity index (χ4n) is 2.44. The Kier molecular flexibility index (Phi) is 5.69. The van der Waals surface area contributed by atoms with E-state index in [1.54, 1.807) is 6.07 Å². The van der Waals surface area contributed by atoms with Crippen molar-refractivity contribution in [3.05, 3.63) is 78.4 Å². The van der Waals surface area contributed by atoms with Gasteiger partial charge >= 0.3 is 0 Å². The Hall–Kier alpha value is -3.80. The van der Waals surface area contributed by atoms with Crippen LogP contribution in [0.2, 0.25) is 0 Å². The smallest absolute Gasteiger partial charge is 0.277 e. The van der Waals surface area contributed by atoms with E-state index in [0.29, 0.717) is 11.3 Å². The average Bonchev–Trinajstić information content (AvgIpc) is 2.69. The zero-order valence-corrected chi connectivity index (χ0v) is 14.4. The molecule has 27 heavy (non-hydrogen) atoms. The van der Waals surface area contributed by atoms with Gasteiger partial charge in [0.05, 0.1) is 6.21 Å². The normalized spacial score (nSPS) is 10.7. The molecule has 3 aromatic carbocycles. The quantitative estimate of drug-likeness (QED) is 0.463. The minimum absolute atomic E-state index is 0.0563. The number of rotatable bonds is 6. The molecule has 6 heteroatoms. The highest BCUT2D eigenvalue weighted by molar-refractivity contribution is 5.85. The number of hydrazone groups is 1. The number of phenolic OH excluding ortho intramolecular Hbond substituents is 2. The van der Waals surface area contributed by atoms with Gasteiger partial charge in [-0.1, -0.05) is 48.5 Å². The topological polar surface area (TPSA) is 91.2 Å². The van der Waals surface area contributed by atoms with E-state index in [4.69, 9.17) is 4.74 Å². The molecule has 0 aliphatic rings. The molecule has 0 bridgehead atoms. The van der Waals surface area contributed by atoms with Gasteiger partial charge in [0.2, 0.25) is 0 Å². The summed E-state index contributed by atoms with van der Waals surface area (Å²) in [5.74, 6) is -0.0356. The van der Waals surface area contributed by atoms with Gasteiger partial charge in [0.1, 0.15) is 17.2 Å². The summed E-state index contributed by atoms with van der Waals surface area (Å²) in [5.41, 5.74) is 4.59. The lowest BCUT2D eigenvalue weighted by molar-refractivity contribution is -0.123. The highest BCUT2D eigenvalue weighted by Crippen LogP contribution is 2.29.